The Balaban J connectivity index is 1.89. The molecule has 7 nitrogen and oxygen atoms in total. The minimum Gasteiger partial charge on any atom is -0.459 e. The smallest absolute Gasteiger partial charge is 0.291 e. The van der Waals surface area contributed by atoms with Crippen LogP contribution >= 0.6 is 0 Å². The highest BCUT2D eigenvalue weighted by molar-refractivity contribution is 6.02. The molecule has 20 heavy (non-hydrogen) atoms. The fraction of sp³-hybridized carbons (Fsp3) is 0. The topological polar surface area (TPSA) is 85.8 Å². The normalized spacial score (nSPS) is 10.4. The Morgan fingerprint density at radius 1 is 1.35 bits per heavy atom. The number of tetrazole rings is 1. The molecule has 0 aliphatic rings. The van der Waals surface area contributed by atoms with Crippen molar-refractivity contribution in [1.29, 1.82) is 0 Å². The number of hydrogen-bond donors (Lipinski definition) is 1. The first-order valence-corrected chi connectivity index (χ1v) is 5.62. The van der Waals surface area contributed by atoms with Gasteiger partial charge in [-0.05, 0) is 40.8 Å². The Morgan fingerprint density at radius 3 is 2.95 bits per heavy atom. The van der Waals surface area contributed by atoms with Gasteiger partial charge in [0.2, 0.25) is 0 Å². The van der Waals surface area contributed by atoms with Crippen LogP contribution in [0.1, 0.15) is 10.6 Å². The van der Waals surface area contributed by atoms with Crippen molar-refractivity contribution in [1.82, 2.24) is 20.2 Å². The molecule has 0 fully saturated rings. The number of rotatable bonds is 3. The Morgan fingerprint density at radius 2 is 2.25 bits per heavy atom. The summed E-state index contributed by atoms with van der Waals surface area (Å²) < 4.78 is 20.0. The van der Waals surface area contributed by atoms with Gasteiger partial charge in [0.05, 0.1) is 17.6 Å². The highest BCUT2D eigenvalue weighted by Gasteiger charge is 2.12. The molecule has 0 radical (unpaired) electrons. The first kappa shape index (κ1) is 12.0. The molecule has 0 bridgehead atoms. The van der Waals surface area contributed by atoms with E-state index in [4.69, 9.17) is 4.42 Å². The number of benzene rings is 1. The van der Waals surface area contributed by atoms with Crippen LogP contribution in [0.15, 0.2) is 47.3 Å². The molecule has 2 aromatic heterocycles. The number of hydrogen-bond acceptors (Lipinski definition) is 5. The molecule has 1 aromatic carbocycles. The summed E-state index contributed by atoms with van der Waals surface area (Å²) in [5, 5.41) is 13.1. The quantitative estimate of drug-likeness (QED) is 0.784. The maximum Gasteiger partial charge on any atom is 0.291 e. The first-order valence-electron chi connectivity index (χ1n) is 5.62. The number of nitrogens with zero attached hydrogens (tertiary/aromatic N) is 4. The standard InChI is InChI=1S/C12H8FN5O2/c13-9-4-3-8(18-7-14-16-17-18)6-10(9)15-12(19)11-2-1-5-20-11/h1-7H,(H,15,19). The molecular formula is C12H8FN5O2. The van der Waals surface area contributed by atoms with Gasteiger partial charge in [-0.3, -0.25) is 4.79 Å². The van der Waals surface area contributed by atoms with Crippen molar-refractivity contribution in [3.05, 3.63) is 54.5 Å². The van der Waals surface area contributed by atoms with E-state index in [2.05, 4.69) is 20.8 Å². The zero-order valence-corrected chi connectivity index (χ0v) is 10.0. The monoisotopic (exact) mass is 273 g/mol. The van der Waals surface area contributed by atoms with Crippen molar-refractivity contribution in [3.8, 4) is 5.69 Å². The molecule has 8 heteroatoms. The van der Waals surface area contributed by atoms with Gasteiger partial charge >= 0.3 is 0 Å². The second kappa shape index (κ2) is 4.92. The number of carbonyl (C=O) groups excluding carboxylic acids is 1. The minimum absolute atomic E-state index is 0.0133. The van der Waals surface area contributed by atoms with Gasteiger partial charge in [0, 0.05) is 0 Å². The zero-order valence-electron chi connectivity index (χ0n) is 10.0. The minimum atomic E-state index is -0.568. The Kier molecular flexibility index (Phi) is 2.96. The fourth-order valence-electron chi connectivity index (χ4n) is 1.62. The van der Waals surface area contributed by atoms with Crippen molar-refractivity contribution in [2.45, 2.75) is 0 Å². The van der Waals surface area contributed by atoms with E-state index in [1.165, 1.54) is 41.5 Å². The highest BCUT2D eigenvalue weighted by atomic mass is 19.1. The van der Waals surface area contributed by atoms with Crippen LogP contribution in [-0.4, -0.2) is 26.1 Å². The predicted octanol–water partition coefficient (Wildman–Crippen LogP) is 1.65. The molecule has 0 atom stereocenters. The third kappa shape index (κ3) is 2.26. The van der Waals surface area contributed by atoms with Gasteiger partial charge < -0.3 is 9.73 Å². The molecule has 3 aromatic rings. The summed E-state index contributed by atoms with van der Waals surface area (Å²) in [6.07, 6.45) is 2.73. The molecule has 0 saturated heterocycles. The second-order valence-corrected chi connectivity index (χ2v) is 3.85. The lowest BCUT2D eigenvalue weighted by Crippen LogP contribution is -2.12. The molecule has 0 aliphatic heterocycles. The second-order valence-electron chi connectivity index (χ2n) is 3.85. The first-order chi connectivity index (χ1) is 9.74. The maximum atomic E-state index is 13.7. The molecule has 0 unspecified atom stereocenters. The van der Waals surface area contributed by atoms with E-state index in [1.807, 2.05) is 0 Å². The van der Waals surface area contributed by atoms with Gasteiger partial charge in [-0.25, -0.2) is 9.07 Å². The SMILES string of the molecule is O=C(Nc1cc(-n2cnnn2)ccc1F)c1ccco1. The van der Waals surface area contributed by atoms with Gasteiger partial charge in [0.25, 0.3) is 5.91 Å². The van der Waals surface area contributed by atoms with Crippen molar-refractivity contribution in [2.24, 2.45) is 0 Å². The van der Waals surface area contributed by atoms with E-state index < -0.39 is 11.7 Å². The van der Waals surface area contributed by atoms with Crippen LogP contribution in [0.4, 0.5) is 10.1 Å². The highest BCUT2D eigenvalue weighted by Crippen LogP contribution is 2.19. The zero-order chi connectivity index (χ0) is 13.9. The van der Waals surface area contributed by atoms with Gasteiger partial charge in [0.15, 0.2) is 5.76 Å². The lowest BCUT2D eigenvalue weighted by atomic mass is 10.2. The summed E-state index contributed by atoms with van der Waals surface area (Å²) in [7, 11) is 0. The molecule has 0 aliphatic carbocycles. The van der Waals surface area contributed by atoms with Crippen LogP contribution in [0.3, 0.4) is 0 Å². The predicted molar refractivity (Wildman–Crippen MR) is 65.8 cm³/mol. The van der Waals surface area contributed by atoms with Crippen LogP contribution in [0.5, 0.6) is 0 Å². The van der Waals surface area contributed by atoms with E-state index in [9.17, 15) is 9.18 Å². The molecule has 100 valence electrons. The van der Waals surface area contributed by atoms with Crippen LogP contribution in [0, 0.1) is 5.82 Å². The lowest BCUT2D eigenvalue weighted by Gasteiger charge is -2.07. The lowest BCUT2D eigenvalue weighted by molar-refractivity contribution is 0.0996. The van der Waals surface area contributed by atoms with Crippen molar-refractivity contribution in [2.75, 3.05) is 5.32 Å². The number of carbonyl (C=O) groups is 1. The molecule has 1 N–H and O–H groups in total. The van der Waals surface area contributed by atoms with Gasteiger partial charge in [0.1, 0.15) is 12.1 Å². The molecule has 1 amide bonds. The van der Waals surface area contributed by atoms with Gasteiger partial charge in [-0.15, -0.1) is 5.10 Å². The van der Waals surface area contributed by atoms with Crippen molar-refractivity contribution >= 4 is 11.6 Å². The summed E-state index contributed by atoms with van der Waals surface area (Å²) in [6, 6.07) is 7.19. The Hall–Kier alpha value is -3.03. The van der Waals surface area contributed by atoms with Gasteiger partial charge in [-0.1, -0.05) is 0 Å². The number of aromatic nitrogens is 4. The Bertz CT molecular complexity index is 724. The van der Waals surface area contributed by atoms with E-state index >= 15 is 0 Å². The largest absolute Gasteiger partial charge is 0.459 e. The van der Waals surface area contributed by atoms with E-state index in [0.717, 1.165) is 0 Å². The number of nitrogens with one attached hydrogen (secondary N) is 1. The number of furan rings is 1. The van der Waals surface area contributed by atoms with Crippen molar-refractivity contribution in [3.63, 3.8) is 0 Å². The summed E-state index contributed by atoms with van der Waals surface area (Å²) in [6.45, 7) is 0. The molecular weight excluding hydrogens is 265 g/mol. The van der Waals surface area contributed by atoms with Gasteiger partial charge in [-0.2, -0.15) is 0 Å². The molecule has 3 rings (SSSR count). The average Bonchev–Trinajstić information content (AvgIpc) is 3.14. The van der Waals surface area contributed by atoms with Crippen LogP contribution in [0.25, 0.3) is 5.69 Å². The summed E-state index contributed by atoms with van der Waals surface area (Å²) in [4.78, 5) is 11.8. The molecule has 0 saturated carbocycles. The van der Waals surface area contributed by atoms with Crippen LogP contribution < -0.4 is 5.32 Å². The van der Waals surface area contributed by atoms with E-state index in [1.54, 1.807) is 6.07 Å². The van der Waals surface area contributed by atoms with Crippen LogP contribution in [0.2, 0.25) is 0 Å². The Labute approximate surface area is 112 Å². The van der Waals surface area contributed by atoms with Crippen molar-refractivity contribution < 1.29 is 13.6 Å². The summed E-state index contributed by atoms with van der Waals surface area (Å²) in [5.74, 6) is -1.01. The average molecular weight is 273 g/mol. The summed E-state index contributed by atoms with van der Waals surface area (Å²) in [5.41, 5.74) is 0.533. The number of halogens is 1. The van der Waals surface area contributed by atoms with E-state index in [0.29, 0.717) is 5.69 Å². The summed E-state index contributed by atoms with van der Waals surface area (Å²) >= 11 is 0. The van der Waals surface area contributed by atoms with E-state index in [-0.39, 0.29) is 11.4 Å². The third-order valence-electron chi connectivity index (χ3n) is 2.56. The fourth-order valence-corrected chi connectivity index (χ4v) is 1.62. The maximum absolute atomic E-state index is 13.7. The number of anilines is 1. The third-order valence-corrected chi connectivity index (χ3v) is 2.56. The molecule has 0 spiro atoms. The van der Waals surface area contributed by atoms with Crippen LogP contribution in [-0.2, 0) is 0 Å². The number of amides is 1. The molecule has 2 heterocycles.